The molecule has 0 amide bonds. The average molecular weight is 213 g/mol. The maximum absolute atomic E-state index is 12.1. The Labute approximate surface area is 93.3 Å². The third-order valence-corrected chi connectivity index (χ3v) is 2.43. The topological polar surface area (TPSA) is 39.1 Å². The van der Waals surface area contributed by atoms with E-state index >= 15 is 0 Å². The molecule has 0 fully saturated rings. The largest absolute Gasteiger partial charge is 0.347 e. The van der Waals surface area contributed by atoms with Crippen LogP contribution in [0.3, 0.4) is 0 Å². The maximum Gasteiger partial charge on any atom is 0.209 e. The summed E-state index contributed by atoms with van der Waals surface area (Å²) in [5, 5.41) is 0. The zero-order valence-corrected chi connectivity index (χ0v) is 8.88. The van der Waals surface area contributed by atoms with Gasteiger partial charge in [0.05, 0.1) is 5.69 Å². The summed E-state index contributed by atoms with van der Waals surface area (Å²) in [4.78, 5) is 22.7. The lowest BCUT2D eigenvalue weighted by atomic mass is 10.1. The molecule has 1 aromatic carbocycles. The molecule has 80 valence electrons. The van der Waals surface area contributed by atoms with Crippen LogP contribution in [0.15, 0.2) is 42.6 Å². The minimum atomic E-state index is -0.0730. The van der Waals surface area contributed by atoms with E-state index in [1.54, 1.807) is 36.0 Å². The van der Waals surface area contributed by atoms with Gasteiger partial charge in [0.25, 0.3) is 0 Å². The lowest BCUT2D eigenvalue weighted by Gasteiger charge is -2.01. The van der Waals surface area contributed by atoms with E-state index in [2.05, 4.69) is 0 Å². The van der Waals surface area contributed by atoms with Crippen LogP contribution in [0, 0.1) is 0 Å². The molecule has 16 heavy (non-hydrogen) atoms. The van der Waals surface area contributed by atoms with Crippen LogP contribution in [0.25, 0.3) is 0 Å². The Morgan fingerprint density at radius 3 is 2.50 bits per heavy atom. The fourth-order valence-corrected chi connectivity index (χ4v) is 1.62. The van der Waals surface area contributed by atoms with Gasteiger partial charge >= 0.3 is 0 Å². The number of carbonyl (C=O) groups excluding carboxylic acids is 2. The predicted octanol–water partition coefficient (Wildman–Crippen LogP) is 2.07. The molecule has 0 spiro atoms. The Hall–Kier alpha value is -2.16. The summed E-state index contributed by atoms with van der Waals surface area (Å²) in [6.45, 7) is 0. The molecule has 0 N–H and O–H groups in total. The lowest BCUT2D eigenvalue weighted by Crippen LogP contribution is -2.06. The van der Waals surface area contributed by atoms with Crippen LogP contribution in [0.2, 0.25) is 0 Å². The molecule has 2 aromatic rings. The van der Waals surface area contributed by atoms with Crippen LogP contribution in [-0.2, 0) is 7.05 Å². The van der Waals surface area contributed by atoms with Gasteiger partial charge in [-0.3, -0.25) is 9.59 Å². The first-order valence-corrected chi connectivity index (χ1v) is 4.93. The van der Waals surface area contributed by atoms with E-state index in [1.165, 1.54) is 0 Å². The number of benzene rings is 1. The highest BCUT2D eigenvalue weighted by atomic mass is 16.1. The van der Waals surface area contributed by atoms with Gasteiger partial charge in [0.15, 0.2) is 6.29 Å². The molecule has 0 unspecified atom stereocenters. The van der Waals surface area contributed by atoms with E-state index in [9.17, 15) is 9.59 Å². The number of nitrogens with zero attached hydrogens (tertiary/aromatic N) is 1. The molecule has 0 saturated heterocycles. The van der Waals surface area contributed by atoms with Crippen molar-refractivity contribution in [3.05, 3.63) is 59.4 Å². The summed E-state index contributed by atoms with van der Waals surface area (Å²) in [5.41, 5.74) is 1.66. The molecule has 0 aliphatic heterocycles. The normalized spacial score (nSPS) is 10.1. The second-order valence-electron chi connectivity index (χ2n) is 3.58. The second-order valence-corrected chi connectivity index (χ2v) is 3.58. The fourth-order valence-electron chi connectivity index (χ4n) is 1.62. The van der Waals surface area contributed by atoms with Crippen molar-refractivity contribution in [3.8, 4) is 0 Å². The number of ketones is 1. The molecular formula is C13H11NO2. The van der Waals surface area contributed by atoms with Gasteiger partial charge in [-0.1, -0.05) is 30.3 Å². The predicted molar refractivity (Wildman–Crippen MR) is 60.7 cm³/mol. The van der Waals surface area contributed by atoms with Gasteiger partial charge < -0.3 is 4.57 Å². The zero-order chi connectivity index (χ0) is 11.5. The molecule has 0 aliphatic carbocycles. The van der Waals surface area contributed by atoms with Crippen molar-refractivity contribution in [3.63, 3.8) is 0 Å². The fraction of sp³-hybridized carbons (Fsp3) is 0.0769. The van der Waals surface area contributed by atoms with Gasteiger partial charge in [0.2, 0.25) is 5.78 Å². The number of hydrogen-bond acceptors (Lipinski definition) is 2. The van der Waals surface area contributed by atoms with Gasteiger partial charge in [-0.2, -0.15) is 0 Å². The quantitative estimate of drug-likeness (QED) is 0.578. The first-order chi connectivity index (χ1) is 7.72. The SMILES string of the molecule is Cn1cc(C=O)cc1C(=O)c1ccccc1. The average Bonchev–Trinajstić information content (AvgIpc) is 2.71. The van der Waals surface area contributed by atoms with Crippen LogP contribution in [0.1, 0.15) is 26.4 Å². The number of carbonyl (C=O) groups is 2. The summed E-state index contributed by atoms with van der Waals surface area (Å²) in [7, 11) is 1.75. The second kappa shape index (κ2) is 4.14. The molecule has 0 atom stereocenters. The number of hydrogen-bond donors (Lipinski definition) is 0. The molecule has 0 bridgehead atoms. The van der Waals surface area contributed by atoms with E-state index in [-0.39, 0.29) is 5.78 Å². The summed E-state index contributed by atoms with van der Waals surface area (Å²) in [5.74, 6) is -0.0730. The Kier molecular flexibility index (Phi) is 2.68. The van der Waals surface area contributed by atoms with Gasteiger partial charge in [-0.15, -0.1) is 0 Å². The standard InChI is InChI=1S/C13H11NO2/c1-14-8-10(9-15)7-12(14)13(16)11-5-3-2-4-6-11/h2-9H,1H3. The van der Waals surface area contributed by atoms with Gasteiger partial charge in [-0.05, 0) is 6.07 Å². The van der Waals surface area contributed by atoms with Crippen LogP contribution >= 0.6 is 0 Å². The van der Waals surface area contributed by atoms with E-state index in [0.29, 0.717) is 16.8 Å². The highest BCUT2D eigenvalue weighted by molar-refractivity contribution is 6.08. The molecule has 2 rings (SSSR count). The molecule has 0 saturated carbocycles. The van der Waals surface area contributed by atoms with Crippen LogP contribution in [0.5, 0.6) is 0 Å². The van der Waals surface area contributed by atoms with Crippen molar-refractivity contribution in [1.29, 1.82) is 0 Å². The summed E-state index contributed by atoms with van der Waals surface area (Å²) in [6.07, 6.45) is 2.38. The van der Waals surface area contributed by atoms with E-state index in [1.807, 2.05) is 18.2 Å². The van der Waals surface area contributed by atoms with Crippen molar-refractivity contribution in [1.82, 2.24) is 4.57 Å². The molecule has 1 aromatic heterocycles. The number of aldehydes is 1. The maximum atomic E-state index is 12.1. The van der Waals surface area contributed by atoms with Crippen LogP contribution < -0.4 is 0 Å². The van der Waals surface area contributed by atoms with Crippen molar-refractivity contribution >= 4 is 12.1 Å². The summed E-state index contributed by atoms with van der Waals surface area (Å²) in [6, 6.07) is 10.6. The van der Waals surface area contributed by atoms with Crippen LogP contribution in [-0.4, -0.2) is 16.6 Å². The minimum absolute atomic E-state index is 0.0730. The summed E-state index contributed by atoms with van der Waals surface area (Å²) >= 11 is 0. The third-order valence-electron chi connectivity index (χ3n) is 2.43. The lowest BCUT2D eigenvalue weighted by molar-refractivity contribution is 0.103. The van der Waals surface area contributed by atoms with E-state index in [0.717, 1.165) is 6.29 Å². The van der Waals surface area contributed by atoms with Gasteiger partial charge in [0.1, 0.15) is 0 Å². The molecule has 3 nitrogen and oxygen atoms in total. The first kappa shape index (κ1) is 10.4. The number of rotatable bonds is 3. The van der Waals surface area contributed by atoms with Gasteiger partial charge in [0, 0.05) is 24.4 Å². The van der Waals surface area contributed by atoms with Gasteiger partial charge in [-0.25, -0.2) is 0 Å². The number of aryl methyl sites for hydroxylation is 1. The van der Waals surface area contributed by atoms with Crippen molar-refractivity contribution in [2.45, 2.75) is 0 Å². The molecule has 3 heteroatoms. The van der Waals surface area contributed by atoms with E-state index < -0.39 is 0 Å². The zero-order valence-electron chi connectivity index (χ0n) is 8.88. The van der Waals surface area contributed by atoms with E-state index in [4.69, 9.17) is 0 Å². The summed E-state index contributed by atoms with van der Waals surface area (Å²) < 4.78 is 1.67. The highest BCUT2D eigenvalue weighted by Gasteiger charge is 2.13. The number of aromatic nitrogens is 1. The van der Waals surface area contributed by atoms with Crippen molar-refractivity contribution in [2.75, 3.05) is 0 Å². The molecule has 0 aliphatic rings. The van der Waals surface area contributed by atoms with Crippen molar-refractivity contribution < 1.29 is 9.59 Å². The third kappa shape index (κ3) is 1.80. The molecule has 1 heterocycles. The Balaban J connectivity index is 2.41. The smallest absolute Gasteiger partial charge is 0.209 e. The monoisotopic (exact) mass is 213 g/mol. The highest BCUT2D eigenvalue weighted by Crippen LogP contribution is 2.11. The Morgan fingerprint density at radius 2 is 1.94 bits per heavy atom. The van der Waals surface area contributed by atoms with Crippen LogP contribution in [0.4, 0.5) is 0 Å². The Bertz CT molecular complexity index is 526. The Morgan fingerprint density at radius 1 is 1.25 bits per heavy atom. The van der Waals surface area contributed by atoms with Crippen molar-refractivity contribution in [2.24, 2.45) is 7.05 Å². The minimum Gasteiger partial charge on any atom is -0.347 e. The molecule has 0 radical (unpaired) electrons. The molecular weight excluding hydrogens is 202 g/mol. The first-order valence-electron chi connectivity index (χ1n) is 4.93.